The van der Waals surface area contributed by atoms with Crippen LogP contribution < -0.4 is 5.73 Å². The highest BCUT2D eigenvalue weighted by Crippen LogP contribution is 2.53. The van der Waals surface area contributed by atoms with E-state index in [-0.39, 0.29) is 41.9 Å². The second-order valence-electron chi connectivity index (χ2n) is 11.7. The first-order chi connectivity index (χ1) is 17.5. The molecule has 1 aromatic rings. The Hall–Kier alpha value is -3.50. The SMILES string of the molecule is CN(C)[C@@H]1C(=O)C(C(N)=O)=C(O)[C@@]2(O)C(=O)C3=C(O)c4c(O)ccc(CCC(=O)C(C)(C)C)c4C[C@H]3C[C@@H]12. The number of amides is 1. The van der Waals surface area contributed by atoms with Gasteiger partial charge in [0.15, 0.2) is 11.4 Å². The van der Waals surface area contributed by atoms with E-state index in [4.69, 9.17) is 5.73 Å². The number of nitrogens with two attached hydrogens (primary N) is 1. The number of phenolic OH excluding ortho intramolecular Hbond substituents is 1. The highest BCUT2D eigenvalue weighted by atomic mass is 16.3. The van der Waals surface area contributed by atoms with E-state index in [1.165, 1.54) is 11.0 Å². The molecule has 3 aliphatic rings. The predicted octanol–water partition coefficient (Wildman–Crippen LogP) is 1.51. The number of phenols is 1. The van der Waals surface area contributed by atoms with Gasteiger partial charge in [0, 0.05) is 23.3 Å². The number of benzene rings is 1. The molecule has 4 atom stereocenters. The van der Waals surface area contributed by atoms with Gasteiger partial charge in [-0.1, -0.05) is 26.8 Å². The van der Waals surface area contributed by atoms with Crippen molar-refractivity contribution in [2.24, 2.45) is 23.0 Å². The van der Waals surface area contributed by atoms with Crippen molar-refractivity contribution in [3.63, 3.8) is 0 Å². The van der Waals surface area contributed by atoms with E-state index in [1.54, 1.807) is 20.2 Å². The van der Waals surface area contributed by atoms with E-state index in [1.807, 2.05) is 20.8 Å². The van der Waals surface area contributed by atoms with Crippen LogP contribution in [0.3, 0.4) is 0 Å². The maximum atomic E-state index is 13.8. The molecule has 0 radical (unpaired) electrons. The maximum absolute atomic E-state index is 13.8. The summed E-state index contributed by atoms with van der Waals surface area (Å²) >= 11 is 0. The largest absolute Gasteiger partial charge is 0.508 e. The van der Waals surface area contributed by atoms with Gasteiger partial charge < -0.3 is 26.2 Å². The van der Waals surface area contributed by atoms with Gasteiger partial charge in [0.25, 0.3) is 5.91 Å². The summed E-state index contributed by atoms with van der Waals surface area (Å²) in [4.78, 5) is 53.1. The molecular weight excluding hydrogens is 492 g/mol. The summed E-state index contributed by atoms with van der Waals surface area (Å²) in [7, 11) is 3.10. The number of aromatic hydroxyl groups is 1. The third-order valence-corrected chi connectivity index (χ3v) is 8.16. The molecule has 0 bridgehead atoms. The van der Waals surface area contributed by atoms with Crippen molar-refractivity contribution in [3.05, 3.63) is 45.7 Å². The first kappa shape index (κ1) is 27.5. The maximum Gasteiger partial charge on any atom is 0.255 e. The second kappa shape index (κ2) is 9.06. The molecule has 4 rings (SSSR count). The number of fused-ring (bicyclic) bond motifs is 3. The fourth-order valence-corrected chi connectivity index (χ4v) is 6.17. The van der Waals surface area contributed by atoms with Crippen LogP contribution in [-0.4, -0.2) is 74.3 Å². The molecule has 38 heavy (non-hydrogen) atoms. The summed E-state index contributed by atoms with van der Waals surface area (Å²) < 4.78 is 0. The third kappa shape index (κ3) is 3.94. The van der Waals surface area contributed by atoms with Crippen LogP contribution in [0.25, 0.3) is 5.76 Å². The lowest BCUT2D eigenvalue weighted by atomic mass is 9.57. The van der Waals surface area contributed by atoms with Crippen LogP contribution in [0, 0.1) is 17.3 Å². The Labute approximate surface area is 220 Å². The molecule has 1 fully saturated rings. The monoisotopic (exact) mass is 526 g/mol. The van der Waals surface area contributed by atoms with Gasteiger partial charge in [-0.05, 0) is 56.5 Å². The van der Waals surface area contributed by atoms with Crippen molar-refractivity contribution < 1.29 is 39.6 Å². The topological polar surface area (TPSA) is 178 Å². The van der Waals surface area contributed by atoms with Gasteiger partial charge in [0.05, 0.1) is 11.6 Å². The Morgan fingerprint density at radius 3 is 2.32 bits per heavy atom. The fourth-order valence-electron chi connectivity index (χ4n) is 6.17. The number of carbonyl (C=O) groups is 4. The molecule has 0 aliphatic heterocycles. The highest BCUT2D eigenvalue weighted by Gasteiger charge is 2.64. The van der Waals surface area contributed by atoms with Crippen LogP contribution in [0.15, 0.2) is 29.0 Å². The van der Waals surface area contributed by atoms with Crippen LogP contribution in [-0.2, 0) is 32.0 Å². The molecule has 204 valence electrons. The Morgan fingerprint density at radius 1 is 1.13 bits per heavy atom. The van der Waals surface area contributed by atoms with Crippen molar-refractivity contribution in [1.82, 2.24) is 4.90 Å². The lowest BCUT2D eigenvalue weighted by molar-refractivity contribution is -0.153. The van der Waals surface area contributed by atoms with Gasteiger partial charge in [0.1, 0.15) is 28.6 Å². The average molecular weight is 527 g/mol. The number of hydrogen-bond donors (Lipinski definition) is 5. The number of nitrogens with zero attached hydrogens (tertiary/aromatic N) is 1. The van der Waals surface area contributed by atoms with Crippen LogP contribution in [0.4, 0.5) is 0 Å². The molecule has 6 N–H and O–H groups in total. The summed E-state index contributed by atoms with van der Waals surface area (Å²) in [5.74, 6) is -6.80. The minimum Gasteiger partial charge on any atom is -0.508 e. The van der Waals surface area contributed by atoms with Crippen molar-refractivity contribution in [3.8, 4) is 5.75 Å². The van der Waals surface area contributed by atoms with Gasteiger partial charge >= 0.3 is 0 Å². The van der Waals surface area contributed by atoms with E-state index in [0.717, 1.165) is 5.56 Å². The smallest absolute Gasteiger partial charge is 0.255 e. The molecule has 1 amide bonds. The minimum absolute atomic E-state index is 0.0157. The number of rotatable bonds is 5. The number of likely N-dealkylation sites (N-methyl/N-ethyl adjacent to an activating group) is 1. The van der Waals surface area contributed by atoms with E-state index in [9.17, 15) is 39.6 Å². The number of aryl methyl sites for hydroxylation is 1. The summed E-state index contributed by atoms with van der Waals surface area (Å²) in [6.07, 6.45) is 0.819. The van der Waals surface area contributed by atoms with Crippen LogP contribution >= 0.6 is 0 Å². The van der Waals surface area contributed by atoms with Gasteiger partial charge in [-0.15, -0.1) is 0 Å². The zero-order chi connectivity index (χ0) is 28.5. The number of aliphatic hydroxyl groups is 3. The molecule has 3 aliphatic carbocycles. The van der Waals surface area contributed by atoms with E-state index in [0.29, 0.717) is 12.0 Å². The van der Waals surface area contributed by atoms with Gasteiger partial charge in [-0.25, -0.2) is 0 Å². The first-order valence-corrected chi connectivity index (χ1v) is 12.5. The van der Waals surface area contributed by atoms with Crippen LogP contribution in [0.5, 0.6) is 5.75 Å². The Kier molecular flexibility index (Phi) is 6.56. The molecule has 1 aromatic carbocycles. The molecule has 10 heteroatoms. The van der Waals surface area contributed by atoms with Crippen molar-refractivity contribution in [1.29, 1.82) is 0 Å². The Morgan fingerprint density at radius 2 is 1.76 bits per heavy atom. The second-order valence-corrected chi connectivity index (χ2v) is 11.7. The first-order valence-electron chi connectivity index (χ1n) is 12.5. The molecule has 0 spiro atoms. The van der Waals surface area contributed by atoms with Crippen LogP contribution in [0.2, 0.25) is 0 Å². The van der Waals surface area contributed by atoms with Gasteiger partial charge in [-0.3, -0.25) is 24.1 Å². The van der Waals surface area contributed by atoms with E-state index >= 15 is 0 Å². The molecule has 10 nitrogen and oxygen atoms in total. The number of hydrogen-bond acceptors (Lipinski definition) is 9. The molecule has 0 aromatic heterocycles. The molecule has 0 heterocycles. The summed E-state index contributed by atoms with van der Waals surface area (Å²) in [5.41, 5.74) is 2.44. The third-order valence-electron chi connectivity index (χ3n) is 8.16. The minimum atomic E-state index is -2.67. The average Bonchev–Trinajstić information content (AvgIpc) is 2.79. The fraction of sp³-hybridized carbons (Fsp3) is 0.500. The van der Waals surface area contributed by atoms with Crippen molar-refractivity contribution in [2.45, 2.75) is 58.1 Å². The summed E-state index contributed by atoms with van der Waals surface area (Å²) in [5, 5.41) is 44.4. The molecule has 0 unspecified atom stereocenters. The molecule has 1 saturated carbocycles. The van der Waals surface area contributed by atoms with Gasteiger partial charge in [-0.2, -0.15) is 0 Å². The lowest BCUT2D eigenvalue weighted by Crippen LogP contribution is -2.65. The quantitative estimate of drug-likeness (QED) is 0.356. The van der Waals surface area contributed by atoms with E-state index < -0.39 is 63.5 Å². The lowest BCUT2D eigenvalue weighted by Gasteiger charge is -2.50. The molecular formula is C28H34N2O8. The van der Waals surface area contributed by atoms with Crippen molar-refractivity contribution in [2.75, 3.05) is 14.1 Å². The summed E-state index contributed by atoms with van der Waals surface area (Å²) in [6.45, 7) is 5.49. The Balaban J connectivity index is 1.87. The summed E-state index contributed by atoms with van der Waals surface area (Å²) in [6, 6.07) is 1.92. The number of aliphatic hydroxyl groups excluding tert-OH is 2. The number of primary amides is 1. The highest BCUT2D eigenvalue weighted by molar-refractivity contribution is 6.24. The van der Waals surface area contributed by atoms with E-state index in [2.05, 4.69) is 0 Å². The standard InChI is InChI=1S/C28H34N2O8/c1-27(2,3)17(32)9-7-12-6-8-16(31)19-14(12)10-13-11-15-21(30(4)5)23(34)20(26(29)37)25(36)28(15,38)24(35)18(13)22(19)33/h6,8,13,15,21,31,33,36,38H,7,9-11H2,1-5H3,(H2,29,37)/t13-,15-,21-,28-/m0/s1. The number of carbonyl (C=O) groups excluding carboxylic acids is 4. The van der Waals surface area contributed by atoms with Crippen LogP contribution in [0.1, 0.15) is 50.3 Å². The number of Topliss-reactive ketones (excluding diaryl/α,β-unsaturated/α-hetero) is 3. The Bertz CT molecular complexity index is 1330. The number of ketones is 3. The zero-order valence-corrected chi connectivity index (χ0v) is 22.2. The predicted molar refractivity (Wildman–Crippen MR) is 137 cm³/mol. The zero-order valence-electron chi connectivity index (χ0n) is 22.2. The molecule has 0 saturated heterocycles. The van der Waals surface area contributed by atoms with Gasteiger partial charge in [0.2, 0.25) is 5.78 Å². The normalized spacial score (nSPS) is 27.3. The van der Waals surface area contributed by atoms with Crippen molar-refractivity contribution >= 4 is 29.0 Å².